The minimum atomic E-state index is -0.403. The summed E-state index contributed by atoms with van der Waals surface area (Å²) in [6.07, 6.45) is 1.79. The Hall–Kier alpha value is -1.08. The molecule has 0 aliphatic rings. The Labute approximate surface area is 102 Å². The average molecular weight is 237 g/mol. The molecule has 1 aromatic rings. The van der Waals surface area contributed by atoms with E-state index in [0.717, 1.165) is 5.56 Å². The molecule has 0 saturated heterocycles. The van der Waals surface area contributed by atoms with Gasteiger partial charge in [0.25, 0.3) is 0 Å². The van der Waals surface area contributed by atoms with Gasteiger partial charge in [0, 0.05) is 5.57 Å². The van der Waals surface area contributed by atoms with Gasteiger partial charge in [0.05, 0.1) is 0 Å². The smallest absolute Gasteiger partial charge is 0.248 e. The highest BCUT2D eigenvalue weighted by atomic mass is 35.5. The Morgan fingerprint density at radius 1 is 1.19 bits per heavy atom. The van der Waals surface area contributed by atoms with E-state index in [1.807, 2.05) is 12.1 Å². The fourth-order valence-corrected chi connectivity index (χ4v) is 1.44. The number of benzene rings is 1. The first kappa shape index (κ1) is 13.0. The lowest BCUT2D eigenvalue weighted by molar-refractivity contribution is -0.108. The molecule has 0 atom stereocenters. The topological polar surface area (TPSA) is 17.1 Å². The van der Waals surface area contributed by atoms with Crippen LogP contribution in [0.15, 0.2) is 29.8 Å². The number of hydrogen-bond donors (Lipinski definition) is 0. The van der Waals surface area contributed by atoms with Crippen LogP contribution in [0.25, 0.3) is 6.08 Å². The van der Waals surface area contributed by atoms with Gasteiger partial charge in [0.1, 0.15) is 0 Å². The normalized spacial score (nSPS) is 12.7. The van der Waals surface area contributed by atoms with E-state index < -0.39 is 5.24 Å². The van der Waals surface area contributed by atoms with Gasteiger partial charge >= 0.3 is 0 Å². The Bertz CT molecular complexity index is 407. The van der Waals surface area contributed by atoms with E-state index >= 15 is 0 Å². The lowest BCUT2D eigenvalue weighted by Gasteiger charge is -2.18. The van der Waals surface area contributed by atoms with E-state index in [9.17, 15) is 4.79 Å². The number of carbonyl (C=O) groups is 1. The summed E-state index contributed by atoms with van der Waals surface area (Å²) in [5, 5.41) is -0.403. The summed E-state index contributed by atoms with van der Waals surface area (Å²) in [6, 6.07) is 8.17. The van der Waals surface area contributed by atoms with Gasteiger partial charge in [-0.15, -0.1) is 0 Å². The fraction of sp³-hybridized carbons (Fsp3) is 0.357. The van der Waals surface area contributed by atoms with Crippen LogP contribution in [-0.2, 0) is 10.2 Å². The number of hydrogen-bond acceptors (Lipinski definition) is 1. The minimum absolute atomic E-state index is 0.152. The zero-order valence-corrected chi connectivity index (χ0v) is 10.9. The van der Waals surface area contributed by atoms with Crippen molar-refractivity contribution in [1.82, 2.24) is 0 Å². The highest BCUT2D eigenvalue weighted by Gasteiger charge is 2.12. The third kappa shape index (κ3) is 3.49. The van der Waals surface area contributed by atoms with Gasteiger partial charge in [-0.2, -0.15) is 0 Å². The Balaban J connectivity index is 2.97. The van der Waals surface area contributed by atoms with Gasteiger partial charge in [-0.1, -0.05) is 45.0 Å². The molecule has 1 rings (SSSR count). The quantitative estimate of drug-likeness (QED) is 0.557. The summed E-state index contributed by atoms with van der Waals surface area (Å²) in [7, 11) is 0. The molecule has 86 valence electrons. The predicted octanol–water partition coefficient (Wildman–Crippen LogP) is 4.15. The second-order valence-corrected chi connectivity index (χ2v) is 5.32. The molecule has 16 heavy (non-hydrogen) atoms. The second kappa shape index (κ2) is 4.84. The summed E-state index contributed by atoms with van der Waals surface area (Å²) in [4.78, 5) is 10.9. The van der Waals surface area contributed by atoms with Crippen LogP contribution in [-0.4, -0.2) is 5.24 Å². The largest absolute Gasteiger partial charge is 0.276 e. The zero-order valence-electron chi connectivity index (χ0n) is 10.2. The highest BCUT2D eigenvalue weighted by Crippen LogP contribution is 2.22. The lowest BCUT2D eigenvalue weighted by Crippen LogP contribution is -2.10. The molecule has 0 amide bonds. The molecule has 0 heterocycles. The molecule has 0 saturated carbocycles. The minimum Gasteiger partial charge on any atom is -0.276 e. The van der Waals surface area contributed by atoms with Gasteiger partial charge in [0.15, 0.2) is 0 Å². The van der Waals surface area contributed by atoms with Crippen LogP contribution >= 0.6 is 11.6 Å². The third-order valence-corrected chi connectivity index (χ3v) is 2.77. The van der Waals surface area contributed by atoms with Crippen LogP contribution < -0.4 is 0 Å². The maximum absolute atomic E-state index is 10.9. The van der Waals surface area contributed by atoms with Crippen molar-refractivity contribution in [3.05, 3.63) is 41.0 Å². The standard InChI is InChI=1S/C14H17ClO/c1-10(13(15)16)9-11-5-7-12(8-6-11)14(2,3)4/h5-9H,1-4H3. The molecule has 0 N–H and O–H groups in total. The SMILES string of the molecule is CC(=Cc1ccc(C(C)(C)C)cc1)C(=O)Cl. The van der Waals surface area contributed by atoms with Crippen molar-refractivity contribution in [2.24, 2.45) is 0 Å². The molecule has 1 aromatic carbocycles. The van der Waals surface area contributed by atoms with Crippen molar-refractivity contribution >= 4 is 22.9 Å². The van der Waals surface area contributed by atoms with Crippen molar-refractivity contribution in [2.75, 3.05) is 0 Å². The summed E-state index contributed by atoms with van der Waals surface area (Å²) in [5.74, 6) is 0. The molecule has 0 unspecified atom stereocenters. The first-order chi connectivity index (χ1) is 7.30. The molecule has 0 spiro atoms. The van der Waals surface area contributed by atoms with E-state index in [1.165, 1.54) is 5.56 Å². The maximum atomic E-state index is 10.9. The zero-order chi connectivity index (χ0) is 12.3. The highest BCUT2D eigenvalue weighted by molar-refractivity contribution is 6.68. The van der Waals surface area contributed by atoms with E-state index in [1.54, 1.807) is 13.0 Å². The van der Waals surface area contributed by atoms with Crippen molar-refractivity contribution in [3.63, 3.8) is 0 Å². The summed E-state index contributed by atoms with van der Waals surface area (Å²) in [5.41, 5.74) is 2.99. The number of halogens is 1. The summed E-state index contributed by atoms with van der Waals surface area (Å²) in [6.45, 7) is 8.23. The molecular weight excluding hydrogens is 220 g/mol. The van der Waals surface area contributed by atoms with Crippen molar-refractivity contribution < 1.29 is 4.79 Å². The van der Waals surface area contributed by atoms with Crippen molar-refractivity contribution in [1.29, 1.82) is 0 Å². The first-order valence-electron chi connectivity index (χ1n) is 5.29. The summed E-state index contributed by atoms with van der Waals surface area (Å²) < 4.78 is 0. The molecule has 0 aromatic heterocycles. The number of carbonyl (C=O) groups excluding carboxylic acids is 1. The Morgan fingerprint density at radius 2 is 1.69 bits per heavy atom. The average Bonchev–Trinajstić information content (AvgIpc) is 2.17. The van der Waals surface area contributed by atoms with Gasteiger partial charge in [-0.25, -0.2) is 0 Å². The van der Waals surface area contributed by atoms with Crippen molar-refractivity contribution in [3.8, 4) is 0 Å². The van der Waals surface area contributed by atoms with E-state index in [-0.39, 0.29) is 5.41 Å². The van der Waals surface area contributed by atoms with Gasteiger partial charge in [0.2, 0.25) is 5.24 Å². The van der Waals surface area contributed by atoms with Crippen molar-refractivity contribution in [2.45, 2.75) is 33.1 Å². The third-order valence-electron chi connectivity index (χ3n) is 2.47. The summed E-state index contributed by atoms with van der Waals surface area (Å²) >= 11 is 5.37. The predicted molar refractivity (Wildman–Crippen MR) is 69.7 cm³/mol. The number of rotatable bonds is 2. The molecule has 0 radical (unpaired) electrons. The molecule has 0 aliphatic carbocycles. The monoisotopic (exact) mass is 236 g/mol. The lowest BCUT2D eigenvalue weighted by atomic mass is 9.86. The molecular formula is C14H17ClO. The van der Waals surface area contributed by atoms with E-state index in [2.05, 4.69) is 32.9 Å². The first-order valence-corrected chi connectivity index (χ1v) is 5.67. The van der Waals surface area contributed by atoms with Crippen LogP contribution in [0.5, 0.6) is 0 Å². The van der Waals surface area contributed by atoms with E-state index in [0.29, 0.717) is 5.57 Å². The second-order valence-electron chi connectivity index (χ2n) is 4.97. The maximum Gasteiger partial charge on any atom is 0.248 e. The molecule has 0 bridgehead atoms. The van der Waals surface area contributed by atoms with Crippen LogP contribution in [0.2, 0.25) is 0 Å². The molecule has 0 fully saturated rings. The van der Waals surface area contributed by atoms with Gasteiger partial charge < -0.3 is 0 Å². The van der Waals surface area contributed by atoms with Crippen LogP contribution in [0, 0.1) is 0 Å². The number of allylic oxidation sites excluding steroid dienone is 1. The Kier molecular flexibility index (Phi) is 3.93. The van der Waals surface area contributed by atoms with Gasteiger partial charge in [-0.05, 0) is 41.1 Å². The fourth-order valence-electron chi connectivity index (χ4n) is 1.39. The molecule has 0 aliphatic heterocycles. The van der Waals surface area contributed by atoms with Crippen LogP contribution in [0.4, 0.5) is 0 Å². The van der Waals surface area contributed by atoms with E-state index in [4.69, 9.17) is 11.6 Å². The van der Waals surface area contributed by atoms with Crippen LogP contribution in [0.1, 0.15) is 38.8 Å². The van der Waals surface area contributed by atoms with Crippen LogP contribution in [0.3, 0.4) is 0 Å². The van der Waals surface area contributed by atoms with Gasteiger partial charge in [-0.3, -0.25) is 4.79 Å². The molecule has 1 nitrogen and oxygen atoms in total. The molecule has 2 heteroatoms. The Morgan fingerprint density at radius 3 is 2.06 bits per heavy atom.